The highest BCUT2D eigenvalue weighted by molar-refractivity contribution is 5.18. The van der Waals surface area contributed by atoms with Crippen molar-refractivity contribution in [2.45, 2.75) is 0 Å². The molecule has 68 valence electrons. The van der Waals surface area contributed by atoms with E-state index in [1.807, 2.05) is 6.07 Å². The fraction of sp³-hybridized carbons (Fsp3) is 0.400. The Kier molecular flexibility index (Phi) is 4.37. The van der Waals surface area contributed by atoms with E-state index in [9.17, 15) is 0 Å². The maximum Gasteiger partial charge on any atom is 0.115 e. The topological polar surface area (TPSA) is 20.2 Å². The van der Waals surface area contributed by atoms with Gasteiger partial charge in [0.2, 0.25) is 0 Å². The van der Waals surface area contributed by atoms with Gasteiger partial charge in [-0.2, -0.15) is 0 Å². The summed E-state index contributed by atoms with van der Waals surface area (Å²) < 4.78 is 1.00. The van der Waals surface area contributed by atoms with Gasteiger partial charge < -0.3 is 9.59 Å². The van der Waals surface area contributed by atoms with Crippen LogP contribution in [0.25, 0.3) is 0 Å². The minimum Gasteiger partial charge on any atom is -0.508 e. The van der Waals surface area contributed by atoms with Crippen molar-refractivity contribution in [3.05, 3.63) is 30.3 Å². The van der Waals surface area contributed by atoms with E-state index in [2.05, 4.69) is 28.2 Å². The highest BCUT2D eigenvalue weighted by Crippen LogP contribution is 2.02. The quantitative estimate of drug-likeness (QED) is 0.585. The molecular formula is C10H18NO+. The van der Waals surface area contributed by atoms with E-state index < -0.39 is 0 Å². The molecule has 0 fully saturated rings. The monoisotopic (exact) mass is 168 g/mol. The summed E-state index contributed by atoms with van der Waals surface area (Å²) in [5.74, 6) is 0.322. The van der Waals surface area contributed by atoms with Crippen molar-refractivity contribution in [1.82, 2.24) is 0 Å². The number of hydrogen-bond acceptors (Lipinski definition) is 1. The molecule has 0 aliphatic rings. The molecule has 2 nitrogen and oxygen atoms in total. The molecule has 0 saturated heterocycles. The fourth-order valence-electron chi connectivity index (χ4n) is 0.428. The van der Waals surface area contributed by atoms with Gasteiger partial charge in [-0.3, -0.25) is 0 Å². The Balaban J connectivity index is 0.000000217. The first kappa shape index (κ1) is 11.0. The van der Waals surface area contributed by atoms with Gasteiger partial charge in [0.25, 0.3) is 0 Å². The van der Waals surface area contributed by atoms with Crippen molar-refractivity contribution in [3.8, 4) is 5.75 Å². The molecule has 0 spiro atoms. The molecule has 1 N–H and O–H groups in total. The molecule has 0 saturated carbocycles. The number of benzene rings is 1. The molecule has 1 aromatic carbocycles. The highest BCUT2D eigenvalue weighted by Gasteiger charge is 1.88. The molecule has 0 amide bonds. The molecule has 0 atom stereocenters. The van der Waals surface area contributed by atoms with Gasteiger partial charge in [-0.15, -0.1) is 0 Å². The van der Waals surface area contributed by atoms with E-state index in [1.165, 1.54) is 0 Å². The van der Waals surface area contributed by atoms with Crippen LogP contribution in [-0.2, 0) is 0 Å². The molecule has 1 rings (SSSR count). The van der Waals surface area contributed by atoms with Gasteiger partial charge >= 0.3 is 0 Å². The normalized spacial score (nSPS) is 10.0. The number of para-hydroxylation sites is 1. The lowest BCUT2D eigenvalue weighted by Gasteiger charge is -2.14. The summed E-state index contributed by atoms with van der Waals surface area (Å²) >= 11 is 0. The Morgan fingerprint density at radius 1 is 0.917 bits per heavy atom. The summed E-state index contributed by atoms with van der Waals surface area (Å²) in [6.45, 7) is 0. The maximum absolute atomic E-state index is 8.63. The van der Waals surface area contributed by atoms with E-state index in [1.54, 1.807) is 24.3 Å². The predicted octanol–water partition coefficient (Wildman–Crippen LogP) is 1.71. The van der Waals surface area contributed by atoms with Crippen molar-refractivity contribution in [3.63, 3.8) is 0 Å². The van der Waals surface area contributed by atoms with Crippen LogP contribution in [0.1, 0.15) is 0 Å². The average Bonchev–Trinajstić information content (AvgIpc) is 1.85. The van der Waals surface area contributed by atoms with Crippen LogP contribution in [0.4, 0.5) is 0 Å². The third kappa shape index (κ3) is 11.7. The molecule has 12 heavy (non-hydrogen) atoms. The predicted molar refractivity (Wildman–Crippen MR) is 52.1 cm³/mol. The van der Waals surface area contributed by atoms with Crippen LogP contribution in [0, 0.1) is 0 Å². The van der Waals surface area contributed by atoms with E-state index in [-0.39, 0.29) is 0 Å². The lowest BCUT2D eigenvalue weighted by atomic mass is 10.3. The van der Waals surface area contributed by atoms with Gasteiger partial charge in [-0.1, -0.05) is 18.2 Å². The second kappa shape index (κ2) is 4.78. The first-order chi connectivity index (χ1) is 5.39. The number of hydrogen-bond donors (Lipinski definition) is 1. The molecule has 2 heteroatoms. The summed E-state index contributed by atoms with van der Waals surface area (Å²) in [4.78, 5) is 0. The minimum atomic E-state index is 0.322. The van der Waals surface area contributed by atoms with Crippen molar-refractivity contribution >= 4 is 0 Å². The van der Waals surface area contributed by atoms with Crippen LogP contribution in [0.3, 0.4) is 0 Å². The number of nitrogens with zero attached hydrogens (tertiary/aromatic N) is 1. The molecule has 0 aliphatic carbocycles. The Morgan fingerprint density at radius 2 is 1.25 bits per heavy atom. The van der Waals surface area contributed by atoms with Crippen molar-refractivity contribution in [1.29, 1.82) is 0 Å². The summed E-state index contributed by atoms with van der Waals surface area (Å²) in [6, 6.07) is 8.71. The third-order valence-corrected chi connectivity index (χ3v) is 0.756. The largest absolute Gasteiger partial charge is 0.508 e. The second-order valence-corrected chi connectivity index (χ2v) is 4.02. The van der Waals surface area contributed by atoms with Crippen molar-refractivity contribution in [2.24, 2.45) is 0 Å². The smallest absolute Gasteiger partial charge is 0.115 e. The maximum atomic E-state index is 8.63. The van der Waals surface area contributed by atoms with Crippen LogP contribution in [0.5, 0.6) is 5.75 Å². The zero-order chi connectivity index (χ0) is 9.61. The van der Waals surface area contributed by atoms with E-state index >= 15 is 0 Å². The van der Waals surface area contributed by atoms with Crippen molar-refractivity contribution < 1.29 is 9.59 Å². The average molecular weight is 168 g/mol. The molecule has 0 bridgehead atoms. The minimum absolute atomic E-state index is 0.322. The Morgan fingerprint density at radius 3 is 1.42 bits per heavy atom. The van der Waals surface area contributed by atoms with Gasteiger partial charge in [-0.25, -0.2) is 0 Å². The lowest BCUT2D eigenvalue weighted by Crippen LogP contribution is -2.27. The Hall–Kier alpha value is -1.02. The zero-order valence-corrected chi connectivity index (χ0v) is 8.28. The molecule has 0 aliphatic heterocycles. The summed E-state index contributed by atoms with van der Waals surface area (Å²) in [7, 11) is 8.50. The van der Waals surface area contributed by atoms with Gasteiger partial charge in [0.05, 0.1) is 28.2 Å². The van der Waals surface area contributed by atoms with E-state index in [0.29, 0.717) is 5.75 Å². The SMILES string of the molecule is C[N+](C)(C)C.Oc1ccccc1. The van der Waals surface area contributed by atoms with Crippen LogP contribution in [0.2, 0.25) is 0 Å². The number of rotatable bonds is 0. The van der Waals surface area contributed by atoms with Gasteiger partial charge in [0.15, 0.2) is 0 Å². The number of phenolic OH excluding ortho intramolecular Hbond substituents is 1. The first-order valence-corrected chi connectivity index (χ1v) is 3.92. The molecule has 0 unspecified atom stereocenters. The second-order valence-electron chi connectivity index (χ2n) is 4.02. The zero-order valence-electron chi connectivity index (χ0n) is 8.28. The molecular weight excluding hydrogens is 150 g/mol. The Labute approximate surface area is 74.7 Å². The lowest BCUT2D eigenvalue weighted by molar-refractivity contribution is -0.849. The van der Waals surface area contributed by atoms with Crippen LogP contribution >= 0.6 is 0 Å². The van der Waals surface area contributed by atoms with Crippen LogP contribution < -0.4 is 0 Å². The number of aromatic hydroxyl groups is 1. The van der Waals surface area contributed by atoms with Crippen LogP contribution in [-0.4, -0.2) is 37.8 Å². The first-order valence-electron chi connectivity index (χ1n) is 3.92. The summed E-state index contributed by atoms with van der Waals surface area (Å²) in [5, 5.41) is 8.63. The van der Waals surface area contributed by atoms with Crippen LogP contribution in [0.15, 0.2) is 30.3 Å². The highest BCUT2D eigenvalue weighted by atomic mass is 16.3. The van der Waals surface area contributed by atoms with E-state index in [4.69, 9.17) is 5.11 Å². The molecule has 1 aromatic rings. The fourth-order valence-corrected chi connectivity index (χ4v) is 0.428. The van der Waals surface area contributed by atoms with Gasteiger partial charge in [0.1, 0.15) is 5.75 Å². The number of quaternary nitrogens is 1. The van der Waals surface area contributed by atoms with Gasteiger partial charge in [-0.05, 0) is 12.1 Å². The standard InChI is InChI=1S/C6H6O.C4H12N/c7-6-4-2-1-3-5-6;1-5(2,3)4/h1-5,7H;1-4H3/q;+1. The van der Waals surface area contributed by atoms with E-state index in [0.717, 1.165) is 4.48 Å². The molecule has 0 heterocycles. The molecule has 0 aromatic heterocycles. The summed E-state index contributed by atoms with van der Waals surface area (Å²) in [6.07, 6.45) is 0. The third-order valence-electron chi connectivity index (χ3n) is 0.756. The van der Waals surface area contributed by atoms with Crippen molar-refractivity contribution in [2.75, 3.05) is 28.2 Å². The summed E-state index contributed by atoms with van der Waals surface area (Å²) in [5.41, 5.74) is 0. The number of phenols is 1. The Bertz CT molecular complexity index is 195. The molecule has 0 radical (unpaired) electrons. The van der Waals surface area contributed by atoms with Gasteiger partial charge in [0, 0.05) is 0 Å².